The Morgan fingerprint density at radius 2 is 1.36 bits per heavy atom. The fourth-order valence-corrected chi connectivity index (χ4v) is 12.1. The molecule has 11 heteroatoms. The van der Waals surface area contributed by atoms with Gasteiger partial charge in [0.25, 0.3) is 0 Å². The number of Topliss-reactive ketones (excluding diaryl/α,β-unsaturated/α-hetero) is 1. The first-order valence-corrected chi connectivity index (χ1v) is 25.4. The number of hydrogen-bond donors (Lipinski definition) is 2. The van der Waals surface area contributed by atoms with Gasteiger partial charge in [0.2, 0.25) is 0 Å². The Labute approximate surface area is 384 Å². The minimum absolute atomic E-state index is 0.208. The van der Waals surface area contributed by atoms with Crippen molar-refractivity contribution in [1.82, 2.24) is 0 Å². The van der Waals surface area contributed by atoms with Crippen LogP contribution in [0.1, 0.15) is 189 Å². The Kier molecular flexibility index (Phi) is 17.4. The fraction of sp³-hybridized carbons (Fsp3) is 0.792. The molecule has 5 fully saturated rings. The number of fused-ring (bicyclic) bond motifs is 3. The van der Waals surface area contributed by atoms with Crippen LogP contribution in [0.25, 0.3) is 0 Å². The normalized spacial score (nSPS) is 36.8. The molecule has 0 aromatic carbocycles. The SMILES string of the molecule is C=C(C)[C@@]12O[C@@]3(/C=C/C=C/CCCCCCCCCC)O[C@@H]1[C@@H]1[C@@H]4O[C@]4(COC(=O)CCCCCCCCCCCCCCC)[C@@H](O)[C@]4(O)C(=O)C(C)=C[C@H]4[C@@]1(O3)[C@H](C)[C@H]2OC(C)=O. The first kappa shape index (κ1) is 50.7. The number of carbonyl (C=O) groups excluding carboxylic acids is 3. The molecule has 360 valence electrons. The molecule has 0 radical (unpaired) electrons. The Morgan fingerprint density at radius 3 is 1.92 bits per heavy atom. The van der Waals surface area contributed by atoms with Gasteiger partial charge in [-0.1, -0.05) is 174 Å². The number of unbranched alkanes of at least 4 members (excludes halogenated alkanes) is 20. The molecular weight excluding hydrogens is 813 g/mol. The minimum Gasteiger partial charge on any atom is -0.462 e. The van der Waals surface area contributed by atoms with E-state index in [1.54, 1.807) is 26.0 Å². The van der Waals surface area contributed by atoms with Crippen LogP contribution < -0.4 is 0 Å². The lowest BCUT2D eigenvalue weighted by atomic mass is 9.53. The van der Waals surface area contributed by atoms with Gasteiger partial charge in [-0.15, -0.1) is 0 Å². The molecule has 0 amide bonds. The van der Waals surface area contributed by atoms with E-state index in [-0.39, 0.29) is 18.6 Å². The summed E-state index contributed by atoms with van der Waals surface area (Å²) in [5.74, 6) is -6.19. The van der Waals surface area contributed by atoms with Gasteiger partial charge < -0.3 is 38.6 Å². The average Bonchev–Trinajstić information content (AvgIpc) is 3.88. The van der Waals surface area contributed by atoms with Gasteiger partial charge >= 0.3 is 17.9 Å². The van der Waals surface area contributed by atoms with Gasteiger partial charge in [-0.3, -0.25) is 14.4 Å². The number of hydrogen-bond acceptors (Lipinski definition) is 11. The lowest BCUT2D eigenvalue weighted by Crippen LogP contribution is -2.76. The number of carbonyl (C=O) groups is 3. The number of aliphatic hydroxyl groups excluding tert-OH is 1. The van der Waals surface area contributed by atoms with E-state index in [0.717, 1.165) is 32.1 Å². The van der Waals surface area contributed by atoms with Gasteiger partial charge in [0.05, 0.1) is 5.60 Å². The standard InChI is InChI=1S/C53H82O11/c1-8-10-12-14-16-18-20-22-23-25-27-29-31-33-42(55)59-36-49-46(61-49)43-47-52(37(3)4)45(60-40(7)54)39(6)53(43,41-35-38(5)44(56)51(41,58)48(49)57)64-50(62-47,63-52)34-32-30-28-26-24-21-19-17-15-13-11-9-2/h28,30,32,34-35,39,41,43,45-48,57-58H,3,8-27,29,31,33,36H2,1-2,4-7H3/b30-28+,34-32+/t39-,41-,43+,45-,46+,47-,48-,49+,50-,51-,52+,53+/m1/s1. The largest absolute Gasteiger partial charge is 0.462 e. The second-order valence-corrected chi connectivity index (χ2v) is 20.2. The van der Waals surface area contributed by atoms with E-state index < -0.39 is 88.3 Å². The topological polar surface area (TPSA) is 150 Å². The quantitative estimate of drug-likeness (QED) is 0.0243. The lowest BCUT2D eigenvalue weighted by Gasteiger charge is -2.61. The highest BCUT2D eigenvalue weighted by atomic mass is 16.9. The Morgan fingerprint density at radius 1 is 0.797 bits per heavy atom. The van der Waals surface area contributed by atoms with Crippen LogP contribution in [-0.4, -0.2) is 87.3 Å². The number of esters is 2. The molecule has 2 N–H and O–H groups in total. The smallest absolute Gasteiger partial charge is 0.307 e. The van der Waals surface area contributed by atoms with Crippen molar-refractivity contribution in [3.05, 3.63) is 48.1 Å². The molecule has 3 heterocycles. The van der Waals surface area contributed by atoms with Crippen molar-refractivity contribution in [3.8, 4) is 0 Å². The highest BCUT2D eigenvalue weighted by molar-refractivity contribution is 6.05. The molecule has 12 atom stereocenters. The molecule has 0 spiro atoms. The van der Waals surface area contributed by atoms with Crippen LogP contribution in [0.15, 0.2) is 48.1 Å². The fourth-order valence-electron chi connectivity index (χ4n) is 12.1. The minimum atomic E-state index is -2.44. The molecule has 0 aromatic rings. The van der Waals surface area contributed by atoms with Crippen molar-refractivity contribution >= 4 is 17.7 Å². The Balaban J connectivity index is 1.17. The second-order valence-electron chi connectivity index (χ2n) is 20.2. The van der Waals surface area contributed by atoms with Crippen molar-refractivity contribution in [2.24, 2.45) is 17.8 Å². The van der Waals surface area contributed by atoms with Gasteiger partial charge in [0.1, 0.15) is 31.0 Å². The summed E-state index contributed by atoms with van der Waals surface area (Å²) in [5, 5.41) is 25.3. The molecule has 6 aliphatic rings. The molecule has 0 unspecified atom stereocenters. The summed E-state index contributed by atoms with van der Waals surface area (Å²) in [4.78, 5) is 40.5. The van der Waals surface area contributed by atoms with Gasteiger partial charge in [-0.05, 0) is 44.3 Å². The van der Waals surface area contributed by atoms with E-state index in [4.69, 9.17) is 28.4 Å². The van der Waals surface area contributed by atoms with Crippen LogP contribution in [0, 0.1) is 17.8 Å². The van der Waals surface area contributed by atoms with E-state index in [0.29, 0.717) is 12.0 Å². The molecule has 6 rings (SSSR count). The summed E-state index contributed by atoms with van der Waals surface area (Å²) in [6.45, 7) is 15.0. The van der Waals surface area contributed by atoms with Gasteiger partial charge in [-0.25, -0.2) is 0 Å². The number of allylic oxidation sites excluding steroid dienone is 3. The van der Waals surface area contributed by atoms with Crippen molar-refractivity contribution in [2.75, 3.05) is 6.61 Å². The monoisotopic (exact) mass is 895 g/mol. The van der Waals surface area contributed by atoms with Crippen molar-refractivity contribution in [1.29, 1.82) is 0 Å². The first-order chi connectivity index (χ1) is 30.7. The predicted molar refractivity (Wildman–Crippen MR) is 246 cm³/mol. The summed E-state index contributed by atoms with van der Waals surface area (Å²) in [5.41, 5.74) is -6.31. The number of ether oxygens (including phenoxy) is 6. The van der Waals surface area contributed by atoms with E-state index in [1.807, 2.05) is 19.1 Å². The Bertz CT molecular complexity index is 1720. The third kappa shape index (κ3) is 9.83. The van der Waals surface area contributed by atoms with Crippen LogP contribution in [-0.2, 0) is 42.8 Å². The number of ketones is 1. The average molecular weight is 895 g/mol. The highest BCUT2D eigenvalue weighted by Crippen LogP contribution is 2.73. The summed E-state index contributed by atoms with van der Waals surface area (Å²) in [6.07, 6.45) is 31.1. The van der Waals surface area contributed by atoms with Crippen molar-refractivity contribution < 1.29 is 53.0 Å². The van der Waals surface area contributed by atoms with Crippen LogP contribution in [0.2, 0.25) is 0 Å². The molecule has 3 aliphatic heterocycles. The molecule has 3 bridgehead atoms. The lowest BCUT2D eigenvalue weighted by molar-refractivity contribution is -0.407. The van der Waals surface area contributed by atoms with Crippen LogP contribution in [0.4, 0.5) is 0 Å². The van der Waals surface area contributed by atoms with Crippen molar-refractivity contribution in [2.45, 2.75) is 242 Å². The molecule has 3 aliphatic carbocycles. The molecule has 2 saturated carbocycles. The number of aliphatic hydroxyl groups is 2. The van der Waals surface area contributed by atoms with E-state index in [1.165, 1.54) is 110 Å². The van der Waals surface area contributed by atoms with Crippen LogP contribution in [0.3, 0.4) is 0 Å². The van der Waals surface area contributed by atoms with E-state index >= 15 is 0 Å². The third-order valence-corrected chi connectivity index (χ3v) is 15.5. The van der Waals surface area contributed by atoms with E-state index in [9.17, 15) is 24.6 Å². The maximum atomic E-state index is 14.3. The molecule has 64 heavy (non-hydrogen) atoms. The summed E-state index contributed by atoms with van der Waals surface area (Å²) in [7, 11) is 0. The third-order valence-electron chi connectivity index (χ3n) is 15.5. The zero-order valence-corrected chi connectivity index (χ0v) is 40.2. The number of rotatable bonds is 29. The molecule has 3 saturated heterocycles. The Hall–Kier alpha value is -2.67. The van der Waals surface area contributed by atoms with Crippen LogP contribution in [0.5, 0.6) is 0 Å². The maximum absolute atomic E-state index is 14.3. The first-order valence-electron chi connectivity index (χ1n) is 25.4. The zero-order chi connectivity index (χ0) is 46.2. The van der Waals surface area contributed by atoms with Crippen LogP contribution >= 0.6 is 0 Å². The van der Waals surface area contributed by atoms with Gasteiger partial charge in [0, 0.05) is 37.2 Å². The second kappa shape index (κ2) is 22.0. The predicted octanol–water partition coefficient (Wildman–Crippen LogP) is 10.4. The maximum Gasteiger partial charge on any atom is 0.307 e. The highest BCUT2D eigenvalue weighted by Gasteiger charge is 2.90. The summed E-state index contributed by atoms with van der Waals surface area (Å²) >= 11 is 0. The summed E-state index contributed by atoms with van der Waals surface area (Å²) < 4.78 is 39.6. The zero-order valence-electron chi connectivity index (χ0n) is 40.2. The van der Waals surface area contributed by atoms with Gasteiger partial charge in [-0.2, -0.15) is 0 Å². The van der Waals surface area contributed by atoms with Crippen molar-refractivity contribution in [3.63, 3.8) is 0 Å². The molecule has 11 nitrogen and oxygen atoms in total. The number of epoxide rings is 1. The van der Waals surface area contributed by atoms with E-state index in [2.05, 4.69) is 26.5 Å². The van der Waals surface area contributed by atoms with Gasteiger partial charge in [0.15, 0.2) is 22.6 Å². The molecular formula is C53H82O11. The summed E-state index contributed by atoms with van der Waals surface area (Å²) in [6, 6.07) is 0. The molecule has 0 aromatic heterocycles.